The molecule has 0 saturated heterocycles. The van der Waals surface area contributed by atoms with E-state index in [0.717, 1.165) is 33.8 Å². The fraction of sp³-hybridized carbons (Fsp3) is 0.174. The van der Waals surface area contributed by atoms with Crippen molar-refractivity contribution in [3.8, 4) is 5.75 Å². The molecule has 2 heterocycles. The number of aliphatic imine (C=N–C) groups is 1. The van der Waals surface area contributed by atoms with E-state index >= 15 is 0 Å². The van der Waals surface area contributed by atoms with Crippen molar-refractivity contribution in [2.24, 2.45) is 10.1 Å². The predicted octanol–water partition coefficient (Wildman–Crippen LogP) is 4.65. The molecule has 0 bridgehead atoms. The van der Waals surface area contributed by atoms with Crippen molar-refractivity contribution in [2.75, 3.05) is 7.11 Å². The molecule has 2 aromatic carbocycles. The number of benzene rings is 2. The maximum Gasteiger partial charge on any atom is 0.154 e. The van der Waals surface area contributed by atoms with Gasteiger partial charge in [-0.3, -0.25) is 10.4 Å². The summed E-state index contributed by atoms with van der Waals surface area (Å²) in [6, 6.07) is 18.1. The van der Waals surface area contributed by atoms with Crippen LogP contribution < -0.4 is 10.2 Å². The van der Waals surface area contributed by atoms with Crippen molar-refractivity contribution < 1.29 is 4.74 Å². The third kappa shape index (κ3) is 3.51. The van der Waals surface area contributed by atoms with Crippen molar-refractivity contribution in [1.29, 1.82) is 0 Å². The first-order chi connectivity index (χ1) is 13.7. The van der Waals surface area contributed by atoms with Crippen LogP contribution in [0, 0.1) is 0 Å². The highest BCUT2D eigenvalue weighted by atomic mass is 16.5. The number of aromatic nitrogens is 1. The number of fused-ring (bicyclic) bond motifs is 1. The molecule has 1 aromatic heterocycles. The summed E-state index contributed by atoms with van der Waals surface area (Å²) in [5.41, 5.74) is 8.95. The molecule has 3 aromatic rings. The maximum atomic E-state index is 5.42. The number of hydrogen-bond donors (Lipinski definition) is 1. The van der Waals surface area contributed by atoms with Gasteiger partial charge in [0.15, 0.2) is 5.84 Å². The standard InChI is InChI=1S/C23H22N4O/c1-15(2)16-4-6-18(7-5-16)23-25-21-9-8-19(28-3)14-20(21)22(26-27-23)17-10-12-24-13-11-17/h4-15H,1-3H3,(H,25,27). The summed E-state index contributed by atoms with van der Waals surface area (Å²) in [6.07, 6.45) is 3.52. The molecule has 0 saturated carbocycles. The van der Waals surface area contributed by atoms with Gasteiger partial charge in [-0.05, 0) is 41.8 Å². The van der Waals surface area contributed by atoms with E-state index in [1.165, 1.54) is 5.56 Å². The minimum atomic E-state index is 0.489. The first-order valence-electron chi connectivity index (χ1n) is 9.27. The smallest absolute Gasteiger partial charge is 0.154 e. The molecule has 0 aliphatic carbocycles. The second-order valence-electron chi connectivity index (χ2n) is 6.93. The van der Waals surface area contributed by atoms with Crippen molar-refractivity contribution in [1.82, 2.24) is 10.4 Å². The molecule has 0 atom stereocenters. The minimum Gasteiger partial charge on any atom is -0.497 e. The quantitative estimate of drug-likeness (QED) is 0.727. The second kappa shape index (κ2) is 7.64. The van der Waals surface area contributed by atoms with Crippen molar-refractivity contribution in [2.45, 2.75) is 19.8 Å². The van der Waals surface area contributed by atoms with Gasteiger partial charge in [0, 0.05) is 29.1 Å². The summed E-state index contributed by atoms with van der Waals surface area (Å²) in [5, 5.41) is 4.68. The Hall–Kier alpha value is -3.47. The van der Waals surface area contributed by atoms with E-state index in [4.69, 9.17) is 9.73 Å². The highest BCUT2D eigenvalue weighted by molar-refractivity contribution is 6.18. The van der Waals surface area contributed by atoms with E-state index in [-0.39, 0.29) is 0 Å². The van der Waals surface area contributed by atoms with E-state index in [9.17, 15) is 0 Å². The summed E-state index contributed by atoms with van der Waals surface area (Å²) < 4.78 is 5.42. The molecule has 0 spiro atoms. The Morgan fingerprint density at radius 1 is 0.893 bits per heavy atom. The largest absolute Gasteiger partial charge is 0.497 e. The Labute approximate surface area is 164 Å². The molecule has 0 radical (unpaired) electrons. The number of ether oxygens (including phenoxy) is 1. The lowest BCUT2D eigenvalue weighted by Crippen LogP contribution is -2.19. The van der Waals surface area contributed by atoms with Gasteiger partial charge >= 0.3 is 0 Å². The van der Waals surface area contributed by atoms with Crippen LogP contribution in [0.15, 0.2) is 77.1 Å². The van der Waals surface area contributed by atoms with Gasteiger partial charge in [-0.25, -0.2) is 4.99 Å². The maximum absolute atomic E-state index is 5.42. The zero-order chi connectivity index (χ0) is 19.5. The van der Waals surface area contributed by atoms with Crippen LogP contribution in [0.1, 0.15) is 42.0 Å². The zero-order valence-electron chi connectivity index (χ0n) is 16.2. The summed E-state index contributed by atoms with van der Waals surface area (Å²) >= 11 is 0. The number of pyridine rings is 1. The topological polar surface area (TPSA) is 58.9 Å². The van der Waals surface area contributed by atoms with E-state index in [2.05, 4.69) is 53.6 Å². The van der Waals surface area contributed by atoms with Crippen LogP contribution in [0.2, 0.25) is 0 Å². The number of nitrogens with one attached hydrogen (secondary N) is 1. The van der Waals surface area contributed by atoms with Crippen LogP contribution >= 0.6 is 0 Å². The third-order valence-corrected chi connectivity index (χ3v) is 4.77. The average molecular weight is 370 g/mol. The Bertz CT molecular complexity index is 1040. The molecular weight excluding hydrogens is 348 g/mol. The lowest BCUT2D eigenvalue weighted by Gasteiger charge is -2.09. The van der Waals surface area contributed by atoms with Crippen LogP contribution in [0.3, 0.4) is 0 Å². The van der Waals surface area contributed by atoms with Gasteiger partial charge in [0.25, 0.3) is 0 Å². The molecule has 0 amide bonds. The summed E-state index contributed by atoms with van der Waals surface area (Å²) in [6.45, 7) is 4.37. The predicted molar refractivity (Wildman–Crippen MR) is 113 cm³/mol. The van der Waals surface area contributed by atoms with E-state index in [0.29, 0.717) is 11.8 Å². The molecule has 5 nitrogen and oxygen atoms in total. The van der Waals surface area contributed by atoms with Crippen LogP contribution in [-0.4, -0.2) is 23.6 Å². The number of methoxy groups -OCH3 is 1. The van der Waals surface area contributed by atoms with Gasteiger partial charge in [0.05, 0.1) is 12.8 Å². The average Bonchev–Trinajstić information content (AvgIpc) is 2.93. The molecular formula is C23H22N4O. The van der Waals surface area contributed by atoms with E-state index in [1.54, 1.807) is 19.5 Å². The van der Waals surface area contributed by atoms with Crippen molar-refractivity contribution >= 4 is 17.2 Å². The molecule has 140 valence electrons. The fourth-order valence-corrected chi connectivity index (χ4v) is 3.13. The van der Waals surface area contributed by atoms with E-state index < -0.39 is 0 Å². The molecule has 1 aliphatic rings. The van der Waals surface area contributed by atoms with Gasteiger partial charge in [-0.2, -0.15) is 5.10 Å². The normalized spacial score (nSPS) is 13.1. The molecule has 1 aliphatic heterocycles. The Kier molecular flexibility index (Phi) is 4.89. The Morgan fingerprint density at radius 2 is 1.64 bits per heavy atom. The molecule has 1 N–H and O–H groups in total. The van der Waals surface area contributed by atoms with Crippen LogP contribution in [0.5, 0.6) is 5.75 Å². The lowest BCUT2D eigenvalue weighted by atomic mass is 10.0. The first kappa shape index (κ1) is 17.9. The Balaban J connectivity index is 1.81. The van der Waals surface area contributed by atoms with Gasteiger partial charge in [-0.1, -0.05) is 38.1 Å². The molecule has 4 rings (SSSR count). The number of amidine groups is 1. The lowest BCUT2D eigenvalue weighted by molar-refractivity contribution is 0.415. The number of rotatable bonds is 4. The summed E-state index contributed by atoms with van der Waals surface area (Å²) in [4.78, 5) is 8.96. The number of nitrogens with zero attached hydrogens (tertiary/aromatic N) is 3. The highest BCUT2D eigenvalue weighted by Gasteiger charge is 2.18. The van der Waals surface area contributed by atoms with Crippen LogP contribution in [0.4, 0.5) is 5.69 Å². The van der Waals surface area contributed by atoms with E-state index in [1.807, 2.05) is 30.3 Å². The van der Waals surface area contributed by atoms with Crippen molar-refractivity contribution in [3.63, 3.8) is 0 Å². The zero-order valence-corrected chi connectivity index (χ0v) is 16.2. The minimum absolute atomic E-state index is 0.489. The number of hydrogen-bond acceptors (Lipinski definition) is 5. The monoisotopic (exact) mass is 370 g/mol. The van der Waals surface area contributed by atoms with Gasteiger partial charge < -0.3 is 4.74 Å². The first-order valence-corrected chi connectivity index (χ1v) is 9.27. The second-order valence-corrected chi connectivity index (χ2v) is 6.93. The van der Waals surface area contributed by atoms with Gasteiger partial charge in [-0.15, -0.1) is 0 Å². The van der Waals surface area contributed by atoms with Gasteiger partial charge in [0.1, 0.15) is 11.5 Å². The SMILES string of the molecule is COc1ccc2c(c1)C(c1ccncc1)=NNC(c1ccc(C(C)C)cc1)=N2. The van der Waals surface area contributed by atoms with Gasteiger partial charge in [0.2, 0.25) is 0 Å². The fourth-order valence-electron chi connectivity index (χ4n) is 3.13. The van der Waals surface area contributed by atoms with Crippen molar-refractivity contribution in [3.05, 3.63) is 89.2 Å². The molecule has 28 heavy (non-hydrogen) atoms. The summed E-state index contributed by atoms with van der Waals surface area (Å²) in [5.74, 6) is 1.97. The Morgan fingerprint density at radius 3 is 2.32 bits per heavy atom. The summed E-state index contributed by atoms with van der Waals surface area (Å²) in [7, 11) is 1.66. The molecule has 0 fully saturated rings. The molecule has 0 unspecified atom stereocenters. The third-order valence-electron chi connectivity index (χ3n) is 4.77. The number of hydrazone groups is 1. The van der Waals surface area contributed by atoms with Crippen LogP contribution in [0.25, 0.3) is 0 Å². The highest BCUT2D eigenvalue weighted by Crippen LogP contribution is 2.29. The molecule has 5 heteroatoms. The van der Waals surface area contributed by atoms with Crippen LogP contribution in [-0.2, 0) is 0 Å².